The molecule has 0 atom stereocenters. The Labute approximate surface area is 105 Å². The highest BCUT2D eigenvalue weighted by atomic mass is 19.1. The second kappa shape index (κ2) is 7.75. The molecule has 0 aromatic heterocycles. The predicted molar refractivity (Wildman–Crippen MR) is 65.6 cm³/mol. The highest BCUT2D eigenvalue weighted by Crippen LogP contribution is 2.08. The molecule has 0 aliphatic heterocycles. The van der Waals surface area contributed by atoms with Gasteiger partial charge in [-0.25, -0.2) is 4.39 Å². The molecule has 0 aliphatic carbocycles. The standard InChI is InChI=1S/C12H17FN2O3/c13-10-2-1-3-11(8-10)14-12(18)9-15(4-6-16)5-7-17/h1-3,8,16-17H,4-7,9H2,(H,14,18). The molecule has 1 aromatic carbocycles. The molecule has 100 valence electrons. The minimum absolute atomic E-state index is 0.0393. The van der Waals surface area contributed by atoms with Crippen molar-refractivity contribution in [3.05, 3.63) is 30.1 Å². The maximum Gasteiger partial charge on any atom is 0.238 e. The highest BCUT2D eigenvalue weighted by Gasteiger charge is 2.10. The number of aliphatic hydroxyl groups is 2. The molecule has 1 amide bonds. The van der Waals surface area contributed by atoms with Crippen molar-refractivity contribution in [2.75, 3.05) is 38.2 Å². The van der Waals surface area contributed by atoms with E-state index in [2.05, 4.69) is 5.32 Å². The van der Waals surface area contributed by atoms with Gasteiger partial charge in [0.15, 0.2) is 0 Å². The lowest BCUT2D eigenvalue weighted by Gasteiger charge is -2.19. The van der Waals surface area contributed by atoms with Gasteiger partial charge in [0.2, 0.25) is 5.91 Å². The maximum atomic E-state index is 12.9. The number of halogens is 1. The Kier molecular flexibility index (Phi) is 6.27. The maximum absolute atomic E-state index is 12.9. The molecule has 0 aliphatic rings. The molecule has 0 spiro atoms. The first-order valence-corrected chi connectivity index (χ1v) is 5.65. The Bertz CT molecular complexity index is 381. The van der Waals surface area contributed by atoms with Gasteiger partial charge in [0.1, 0.15) is 5.82 Å². The van der Waals surface area contributed by atoms with E-state index in [1.807, 2.05) is 0 Å². The monoisotopic (exact) mass is 256 g/mol. The van der Waals surface area contributed by atoms with E-state index in [4.69, 9.17) is 10.2 Å². The van der Waals surface area contributed by atoms with Crippen molar-refractivity contribution in [2.24, 2.45) is 0 Å². The summed E-state index contributed by atoms with van der Waals surface area (Å²) in [6.07, 6.45) is 0. The van der Waals surface area contributed by atoms with Gasteiger partial charge >= 0.3 is 0 Å². The Morgan fingerprint density at radius 2 is 1.94 bits per heavy atom. The molecule has 0 bridgehead atoms. The average molecular weight is 256 g/mol. The van der Waals surface area contributed by atoms with Crippen LogP contribution in [-0.4, -0.2) is 53.9 Å². The van der Waals surface area contributed by atoms with Crippen LogP contribution >= 0.6 is 0 Å². The summed E-state index contributed by atoms with van der Waals surface area (Å²) >= 11 is 0. The summed E-state index contributed by atoms with van der Waals surface area (Å²) < 4.78 is 12.9. The molecule has 5 nitrogen and oxygen atoms in total. The Hall–Kier alpha value is -1.50. The third-order valence-electron chi connectivity index (χ3n) is 2.31. The topological polar surface area (TPSA) is 72.8 Å². The zero-order valence-electron chi connectivity index (χ0n) is 9.97. The summed E-state index contributed by atoms with van der Waals surface area (Å²) in [4.78, 5) is 13.3. The number of nitrogens with zero attached hydrogens (tertiary/aromatic N) is 1. The quantitative estimate of drug-likeness (QED) is 0.644. The van der Waals surface area contributed by atoms with Crippen molar-refractivity contribution in [3.63, 3.8) is 0 Å². The predicted octanol–water partition coefficient (Wildman–Crippen LogP) is 0.0508. The fourth-order valence-corrected chi connectivity index (χ4v) is 1.52. The van der Waals surface area contributed by atoms with E-state index in [0.29, 0.717) is 18.8 Å². The Morgan fingerprint density at radius 1 is 1.28 bits per heavy atom. The van der Waals surface area contributed by atoms with E-state index in [0.717, 1.165) is 0 Å². The molecule has 1 rings (SSSR count). The summed E-state index contributed by atoms with van der Waals surface area (Å²) in [7, 11) is 0. The number of nitrogens with one attached hydrogen (secondary N) is 1. The van der Waals surface area contributed by atoms with Crippen molar-refractivity contribution in [1.29, 1.82) is 0 Å². The molecule has 0 radical (unpaired) electrons. The summed E-state index contributed by atoms with van der Waals surface area (Å²) in [5, 5.41) is 20.1. The molecular weight excluding hydrogens is 239 g/mol. The lowest BCUT2D eigenvalue weighted by atomic mass is 10.3. The van der Waals surface area contributed by atoms with Crippen LogP contribution in [0.5, 0.6) is 0 Å². The molecule has 0 heterocycles. The number of hydrogen-bond acceptors (Lipinski definition) is 4. The lowest BCUT2D eigenvalue weighted by Crippen LogP contribution is -2.37. The number of amides is 1. The molecule has 3 N–H and O–H groups in total. The first-order valence-electron chi connectivity index (χ1n) is 5.65. The summed E-state index contributed by atoms with van der Waals surface area (Å²) in [6, 6.07) is 5.60. The molecule has 6 heteroatoms. The molecule has 18 heavy (non-hydrogen) atoms. The van der Waals surface area contributed by atoms with Crippen LogP contribution in [0.15, 0.2) is 24.3 Å². The lowest BCUT2D eigenvalue weighted by molar-refractivity contribution is -0.117. The van der Waals surface area contributed by atoms with Crippen molar-refractivity contribution >= 4 is 11.6 Å². The van der Waals surface area contributed by atoms with Crippen molar-refractivity contribution in [2.45, 2.75) is 0 Å². The SMILES string of the molecule is O=C(CN(CCO)CCO)Nc1cccc(F)c1. The minimum atomic E-state index is -0.421. The highest BCUT2D eigenvalue weighted by molar-refractivity contribution is 5.92. The van der Waals surface area contributed by atoms with Crippen molar-refractivity contribution in [3.8, 4) is 0 Å². The third-order valence-corrected chi connectivity index (χ3v) is 2.31. The van der Waals surface area contributed by atoms with Gasteiger partial charge < -0.3 is 15.5 Å². The largest absolute Gasteiger partial charge is 0.395 e. The van der Waals surface area contributed by atoms with E-state index in [9.17, 15) is 9.18 Å². The van der Waals surface area contributed by atoms with Gasteiger partial charge in [-0.15, -0.1) is 0 Å². The number of aliphatic hydroxyl groups excluding tert-OH is 2. The third kappa shape index (κ3) is 5.22. The van der Waals surface area contributed by atoms with Crippen LogP contribution in [0.1, 0.15) is 0 Å². The van der Waals surface area contributed by atoms with E-state index in [1.54, 1.807) is 11.0 Å². The summed E-state index contributed by atoms with van der Waals surface area (Å²) in [5.74, 6) is -0.738. The fraction of sp³-hybridized carbons (Fsp3) is 0.417. The zero-order valence-corrected chi connectivity index (χ0v) is 9.97. The fourth-order valence-electron chi connectivity index (χ4n) is 1.52. The Balaban J connectivity index is 2.49. The van der Waals surface area contributed by atoms with Gasteiger partial charge in [0, 0.05) is 18.8 Å². The van der Waals surface area contributed by atoms with Gasteiger partial charge in [-0.3, -0.25) is 9.69 Å². The van der Waals surface area contributed by atoms with Gasteiger partial charge in [0.25, 0.3) is 0 Å². The number of benzene rings is 1. The zero-order chi connectivity index (χ0) is 13.4. The van der Waals surface area contributed by atoms with Crippen molar-refractivity contribution < 1.29 is 19.4 Å². The number of carbonyl (C=O) groups excluding carboxylic acids is 1. The Morgan fingerprint density at radius 3 is 2.50 bits per heavy atom. The summed E-state index contributed by atoms with van der Waals surface area (Å²) in [6.45, 7) is 0.465. The molecule has 0 fully saturated rings. The average Bonchev–Trinajstić information content (AvgIpc) is 2.29. The van der Waals surface area contributed by atoms with Crippen LogP contribution in [0, 0.1) is 5.82 Å². The van der Waals surface area contributed by atoms with Crippen molar-refractivity contribution in [1.82, 2.24) is 4.90 Å². The molecule has 1 aromatic rings. The van der Waals surface area contributed by atoms with Crippen LogP contribution in [0.25, 0.3) is 0 Å². The number of anilines is 1. The number of carbonyl (C=O) groups is 1. The van der Waals surface area contributed by atoms with Crippen LogP contribution in [0.3, 0.4) is 0 Å². The van der Waals surface area contributed by atoms with E-state index in [-0.39, 0.29) is 25.7 Å². The number of hydrogen-bond donors (Lipinski definition) is 3. The first kappa shape index (κ1) is 14.6. The van der Waals surface area contributed by atoms with Gasteiger partial charge in [0.05, 0.1) is 19.8 Å². The molecular formula is C12H17FN2O3. The molecule has 0 unspecified atom stereocenters. The second-order valence-corrected chi connectivity index (χ2v) is 3.78. The van der Waals surface area contributed by atoms with Gasteiger partial charge in [-0.05, 0) is 18.2 Å². The molecule has 0 saturated heterocycles. The normalized spacial score (nSPS) is 10.7. The second-order valence-electron chi connectivity index (χ2n) is 3.78. The number of rotatable bonds is 7. The van der Waals surface area contributed by atoms with Crippen LogP contribution in [-0.2, 0) is 4.79 Å². The van der Waals surface area contributed by atoms with E-state index in [1.165, 1.54) is 18.2 Å². The van der Waals surface area contributed by atoms with Crippen LogP contribution in [0.4, 0.5) is 10.1 Å². The van der Waals surface area contributed by atoms with Gasteiger partial charge in [-0.1, -0.05) is 6.07 Å². The first-order chi connectivity index (χ1) is 8.65. The smallest absolute Gasteiger partial charge is 0.238 e. The van der Waals surface area contributed by atoms with Crippen LogP contribution in [0.2, 0.25) is 0 Å². The van der Waals surface area contributed by atoms with Gasteiger partial charge in [-0.2, -0.15) is 0 Å². The van der Waals surface area contributed by atoms with E-state index < -0.39 is 5.82 Å². The molecule has 0 saturated carbocycles. The summed E-state index contributed by atoms with van der Waals surface area (Å²) in [5.41, 5.74) is 0.382. The van der Waals surface area contributed by atoms with Crippen LogP contribution < -0.4 is 5.32 Å². The van der Waals surface area contributed by atoms with E-state index >= 15 is 0 Å². The minimum Gasteiger partial charge on any atom is -0.395 e.